The van der Waals surface area contributed by atoms with Gasteiger partial charge < -0.3 is 5.11 Å². The van der Waals surface area contributed by atoms with Crippen LogP contribution in [0.4, 0.5) is 13.2 Å². The van der Waals surface area contributed by atoms with Gasteiger partial charge >= 0.3 is 12.1 Å². The molecule has 0 aliphatic carbocycles. The summed E-state index contributed by atoms with van der Waals surface area (Å²) in [5.74, 6) is -1.48. The van der Waals surface area contributed by atoms with Crippen molar-refractivity contribution in [2.75, 3.05) is 6.61 Å². The molecule has 0 aromatic heterocycles. The van der Waals surface area contributed by atoms with Crippen LogP contribution >= 0.6 is 0 Å². The zero-order chi connectivity index (χ0) is 14.7. The predicted molar refractivity (Wildman–Crippen MR) is 55.4 cm³/mol. The molecule has 0 amide bonds. The van der Waals surface area contributed by atoms with Gasteiger partial charge in [-0.3, -0.25) is 4.84 Å². The standard InChI is InChI=1S/C9H8F3NO5S/c10-9(11,12)6-3-1-2-4-7(6)19(16,17)13-18-5-8(14)15/h1-4,13H,5H2,(H,14,15). The number of carbonyl (C=O) groups is 1. The highest BCUT2D eigenvalue weighted by molar-refractivity contribution is 7.89. The minimum Gasteiger partial charge on any atom is -0.479 e. The Morgan fingerprint density at radius 3 is 2.42 bits per heavy atom. The van der Waals surface area contributed by atoms with Gasteiger partial charge in [-0.25, -0.2) is 13.2 Å². The molecule has 6 nitrogen and oxygen atoms in total. The number of aliphatic carboxylic acids is 1. The smallest absolute Gasteiger partial charge is 0.417 e. The third-order valence-corrected chi connectivity index (χ3v) is 3.12. The van der Waals surface area contributed by atoms with Crippen LogP contribution in [0.1, 0.15) is 5.56 Å². The number of benzene rings is 1. The summed E-state index contributed by atoms with van der Waals surface area (Å²) in [6.07, 6.45) is -4.86. The molecule has 2 N–H and O–H groups in total. The van der Waals surface area contributed by atoms with Crippen LogP contribution in [0.15, 0.2) is 29.2 Å². The molecule has 0 saturated carbocycles. The van der Waals surface area contributed by atoms with E-state index in [1.165, 1.54) is 4.89 Å². The number of hydrogen-bond acceptors (Lipinski definition) is 4. The molecule has 1 rings (SSSR count). The van der Waals surface area contributed by atoms with Crippen molar-refractivity contribution in [2.24, 2.45) is 0 Å². The molecule has 19 heavy (non-hydrogen) atoms. The maximum Gasteiger partial charge on any atom is 0.417 e. The van der Waals surface area contributed by atoms with E-state index in [2.05, 4.69) is 4.84 Å². The van der Waals surface area contributed by atoms with E-state index < -0.39 is 39.2 Å². The SMILES string of the molecule is O=C(O)CONS(=O)(=O)c1ccccc1C(F)(F)F. The van der Waals surface area contributed by atoms with Crippen molar-refractivity contribution in [3.63, 3.8) is 0 Å². The molecule has 0 fully saturated rings. The van der Waals surface area contributed by atoms with Crippen LogP contribution < -0.4 is 4.89 Å². The molecule has 0 unspecified atom stereocenters. The summed E-state index contributed by atoms with van der Waals surface area (Å²) in [4.78, 5) is 14.4. The molecule has 0 heterocycles. The van der Waals surface area contributed by atoms with Gasteiger partial charge in [0.25, 0.3) is 10.0 Å². The molecular weight excluding hydrogens is 291 g/mol. The van der Waals surface area contributed by atoms with E-state index in [0.29, 0.717) is 6.07 Å². The van der Waals surface area contributed by atoms with Crippen molar-refractivity contribution < 1.29 is 36.3 Å². The molecule has 0 atom stereocenters. The van der Waals surface area contributed by atoms with Crippen molar-refractivity contribution in [1.82, 2.24) is 4.89 Å². The Morgan fingerprint density at radius 1 is 1.32 bits per heavy atom. The molecular formula is C9H8F3NO5S. The molecule has 10 heteroatoms. The Kier molecular flexibility index (Phi) is 4.50. The van der Waals surface area contributed by atoms with Crippen LogP contribution in [0.5, 0.6) is 0 Å². The lowest BCUT2D eigenvalue weighted by atomic mass is 10.2. The van der Waals surface area contributed by atoms with E-state index in [1.807, 2.05) is 0 Å². The van der Waals surface area contributed by atoms with Gasteiger partial charge in [-0.1, -0.05) is 17.0 Å². The van der Waals surface area contributed by atoms with Crippen molar-refractivity contribution in [3.8, 4) is 0 Å². The number of halogens is 3. The fraction of sp³-hybridized carbons (Fsp3) is 0.222. The molecule has 0 spiro atoms. The Balaban J connectivity index is 3.05. The van der Waals surface area contributed by atoms with E-state index >= 15 is 0 Å². The van der Waals surface area contributed by atoms with Gasteiger partial charge in [-0.2, -0.15) is 13.2 Å². The lowest BCUT2D eigenvalue weighted by Gasteiger charge is -2.13. The van der Waals surface area contributed by atoms with Gasteiger partial charge in [0.1, 0.15) is 0 Å². The topological polar surface area (TPSA) is 92.7 Å². The third kappa shape index (κ3) is 4.19. The van der Waals surface area contributed by atoms with E-state index in [0.717, 1.165) is 18.2 Å². The quantitative estimate of drug-likeness (QED) is 0.791. The van der Waals surface area contributed by atoms with Crippen LogP contribution in [-0.4, -0.2) is 26.1 Å². The second-order valence-corrected chi connectivity index (χ2v) is 4.88. The van der Waals surface area contributed by atoms with Gasteiger partial charge in [-0.05, 0) is 12.1 Å². The van der Waals surface area contributed by atoms with Gasteiger partial charge in [-0.15, -0.1) is 0 Å². The summed E-state index contributed by atoms with van der Waals surface area (Å²) >= 11 is 0. The van der Waals surface area contributed by atoms with E-state index in [9.17, 15) is 26.4 Å². The lowest BCUT2D eigenvalue weighted by molar-refractivity contribution is -0.144. The predicted octanol–water partition coefficient (Wildman–Crippen LogP) is 1.000. The maximum atomic E-state index is 12.6. The zero-order valence-electron chi connectivity index (χ0n) is 9.14. The summed E-state index contributed by atoms with van der Waals surface area (Å²) in [6, 6.07) is 3.45. The molecule has 0 bridgehead atoms. The second kappa shape index (κ2) is 5.55. The summed E-state index contributed by atoms with van der Waals surface area (Å²) in [5, 5.41) is 8.22. The van der Waals surface area contributed by atoms with Crippen LogP contribution in [0.25, 0.3) is 0 Å². The number of rotatable bonds is 5. The van der Waals surface area contributed by atoms with Gasteiger partial charge in [0.05, 0.1) is 10.5 Å². The first-order valence-electron chi connectivity index (χ1n) is 4.66. The fourth-order valence-corrected chi connectivity index (χ4v) is 2.18. The monoisotopic (exact) mass is 299 g/mol. The summed E-state index contributed by atoms with van der Waals surface area (Å²) in [7, 11) is -4.63. The van der Waals surface area contributed by atoms with Gasteiger partial charge in [0, 0.05) is 0 Å². The maximum absolute atomic E-state index is 12.6. The van der Waals surface area contributed by atoms with Crippen LogP contribution in [0.2, 0.25) is 0 Å². The van der Waals surface area contributed by atoms with Crippen molar-refractivity contribution >= 4 is 16.0 Å². The zero-order valence-corrected chi connectivity index (χ0v) is 9.96. The molecule has 0 radical (unpaired) electrons. The van der Waals surface area contributed by atoms with Crippen LogP contribution in [0.3, 0.4) is 0 Å². The van der Waals surface area contributed by atoms with Crippen LogP contribution in [0, 0.1) is 0 Å². The number of hydrogen-bond donors (Lipinski definition) is 2. The summed E-state index contributed by atoms with van der Waals surface area (Å²) in [6.45, 7) is -1.02. The normalized spacial score (nSPS) is 12.4. The first-order chi connectivity index (χ1) is 8.64. The number of alkyl halides is 3. The lowest BCUT2D eigenvalue weighted by Crippen LogP contribution is -2.28. The highest BCUT2D eigenvalue weighted by Gasteiger charge is 2.36. The number of carboxylic acids is 1. The largest absolute Gasteiger partial charge is 0.479 e. The molecule has 1 aromatic carbocycles. The van der Waals surface area contributed by atoms with Gasteiger partial charge in [0.2, 0.25) is 0 Å². The van der Waals surface area contributed by atoms with Crippen molar-refractivity contribution in [2.45, 2.75) is 11.1 Å². The molecule has 0 aliphatic heterocycles. The first kappa shape index (κ1) is 15.4. The van der Waals surface area contributed by atoms with Gasteiger partial charge in [0.15, 0.2) is 6.61 Å². The van der Waals surface area contributed by atoms with E-state index in [4.69, 9.17) is 5.11 Å². The fourth-order valence-electron chi connectivity index (χ4n) is 1.15. The van der Waals surface area contributed by atoms with E-state index in [1.54, 1.807) is 0 Å². The van der Waals surface area contributed by atoms with Crippen molar-refractivity contribution in [3.05, 3.63) is 29.8 Å². The Bertz CT molecular complexity index is 569. The van der Waals surface area contributed by atoms with E-state index in [-0.39, 0.29) is 0 Å². The van der Waals surface area contributed by atoms with Crippen LogP contribution in [-0.2, 0) is 25.8 Å². The molecule has 0 aliphatic rings. The molecule has 0 saturated heterocycles. The Morgan fingerprint density at radius 2 is 1.89 bits per heavy atom. The third-order valence-electron chi connectivity index (χ3n) is 1.85. The highest BCUT2D eigenvalue weighted by Crippen LogP contribution is 2.33. The molecule has 1 aromatic rings. The highest BCUT2D eigenvalue weighted by atomic mass is 32.2. The number of nitrogens with one attached hydrogen (secondary N) is 1. The second-order valence-electron chi connectivity index (χ2n) is 3.26. The number of carboxylic acid groups (broad SMARTS) is 1. The average molecular weight is 299 g/mol. The minimum atomic E-state index is -4.86. The Hall–Kier alpha value is -1.65. The average Bonchev–Trinajstić information content (AvgIpc) is 2.27. The minimum absolute atomic E-state index is 0.589. The summed E-state index contributed by atoms with van der Waals surface area (Å²) in [5.41, 5.74) is -1.37. The van der Waals surface area contributed by atoms with Crippen molar-refractivity contribution in [1.29, 1.82) is 0 Å². The number of sulfonamides is 1. The first-order valence-corrected chi connectivity index (χ1v) is 6.14. The summed E-state index contributed by atoms with van der Waals surface area (Å²) < 4.78 is 60.9. The Labute approximate surface area is 105 Å². The molecule has 106 valence electrons.